The van der Waals surface area contributed by atoms with Crippen LogP contribution in [0.15, 0.2) is 59.8 Å². The summed E-state index contributed by atoms with van der Waals surface area (Å²) in [5.74, 6) is 1.29. The van der Waals surface area contributed by atoms with Gasteiger partial charge in [-0.15, -0.1) is 11.8 Å². The fourth-order valence-electron chi connectivity index (χ4n) is 2.06. The van der Waals surface area contributed by atoms with E-state index in [9.17, 15) is 5.11 Å². The second-order valence-electron chi connectivity index (χ2n) is 4.25. The largest absolute Gasteiger partial charge is 0.507 e. The third kappa shape index (κ3) is 2.58. The highest BCUT2D eigenvalue weighted by molar-refractivity contribution is 7.99. The number of nitrogens with zero attached hydrogens (tertiary/aromatic N) is 2. The monoisotopic (exact) mass is 270 g/mol. The first-order chi connectivity index (χ1) is 9.34. The Morgan fingerprint density at radius 1 is 1.05 bits per heavy atom. The Bertz CT molecular complexity index is 680. The second-order valence-corrected chi connectivity index (χ2v) is 5.38. The molecular formula is C15H14N2OS. The summed E-state index contributed by atoms with van der Waals surface area (Å²) in [5.41, 5.74) is 0. The van der Waals surface area contributed by atoms with Crippen LogP contribution >= 0.6 is 11.8 Å². The number of phenolic OH excluding ortho intramolecular Hbond substituents is 1. The maximum atomic E-state index is 9.85. The highest BCUT2D eigenvalue weighted by atomic mass is 32.2. The number of phenols is 1. The van der Waals surface area contributed by atoms with Crippen molar-refractivity contribution >= 4 is 22.5 Å². The van der Waals surface area contributed by atoms with Crippen LogP contribution in [-0.4, -0.2) is 20.6 Å². The van der Waals surface area contributed by atoms with Gasteiger partial charge in [-0.1, -0.05) is 24.3 Å². The molecule has 1 heterocycles. The predicted octanol–water partition coefficient (Wildman–Crippen LogP) is 3.53. The van der Waals surface area contributed by atoms with E-state index in [-0.39, 0.29) is 0 Å². The SMILES string of the molecule is Oc1ccc(SCCn2cccn2)c2ccccc12. The minimum absolute atomic E-state index is 0.340. The Labute approximate surface area is 115 Å². The molecule has 0 fully saturated rings. The van der Waals surface area contributed by atoms with Gasteiger partial charge in [0.1, 0.15) is 5.75 Å². The molecule has 0 atom stereocenters. The van der Waals surface area contributed by atoms with Gasteiger partial charge in [-0.25, -0.2) is 0 Å². The summed E-state index contributed by atoms with van der Waals surface area (Å²) in [7, 11) is 0. The molecule has 0 unspecified atom stereocenters. The van der Waals surface area contributed by atoms with Crippen molar-refractivity contribution < 1.29 is 5.11 Å². The van der Waals surface area contributed by atoms with Crippen molar-refractivity contribution in [1.82, 2.24) is 9.78 Å². The van der Waals surface area contributed by atoms with Gasteiger partial charge in [0, 0.05) is 28.4 Å². The van der Waals surface area contributed by atoms with Gasteiger partial charge in [-0.05, 0) is 23.6 Å². The summed E-state index contributed by atoms with van der Waals surface area (Å²) in [6.45, 7) is 0.882. The maximum Gasteiger partial charge on any atom is 0.123 e. The lowest BCUT2D eigenvalue weighted by Gasteiger charge is -2.08. The molecule has 1 N–H and O–H groups in total. The van der Waals surface area contributed by atoms with Crippen LogP contribution in [-0.2, 0) is 6.54 Å². The highest BCUT2D eigenvalue weighted by Gasteiger charge is 2.05. The number of aromatic hydroxyl groups is 1. The molecule has 2 aromatic carbocycles. The van der Waals surface area contributed by atoms with Crippen molar-refractivity contribution in [2.45, 2.75) is 11.4 Å². The van der Waals surface area contributed by atoms with Crippen LogP contribution in [0.25, 0.3) is 10.8 Å². The molecule has 0 bridgehead atoms. The van der Waals surface area contributed by atoms with Crippen LogP contribution in [0.4, 0.5) is 0 Å². The molecule has 0 radical (unpaired) electrons. The van der Waals surface area contributed by atoms with E-state index in [1.54, 1.807) is 24.0 Å². The van der Waals surface area contributed by atoms with E-state index in [0.29, 0.717) is 5.75 Å². The Morgan fingerprint density at radius 2 is 1.89 bits per heavy atom. The molecule has 3 nitrogen and oxygen atoms in total. The lowest BCUT2D eigenvalue weighted by Crippen LogP contribution is -2.00. The van der Waals surface area contributed by atoms with Crippen molar-refractivity contribution in [1.29, 1.82) is 0 Å². The van der Waals surface area contributed by atoms with Crippen molar-refractivity contribution in [3.63, 3.8) is 0 Å². The number of benzene rings is 2. The molecule has 0 spiro atoms. The van der Waals surface area contributed by atoms with E-state index in [4.69, 9.17) is 0 Å². The third-order valence-electron chi connectivity index (χ3n) is 3.00. The fraction of sp³-hybridized carbons (Fsp3) is 0.133. The quantitative estimate of drug-likeness (QED) is 0.737. The number of hydrogen-bond acceptors (Lipinski definition) is 3. The van der Waals surface area contributed by atoms with Gasteiger partial charge in [0.25, 0.3) is 0 Å². The molecule has 0 amide bonds. The van der Waals surface area contributed by atoms with Crippen LogP contribution in [0.5, 0.6) is 5.75 Å². The maximum absolute atomic E-state index is 9.85. The molecule has 96 valence electrons. The third-order valence-corrected chi connectivity index (χ3v) is 4.05. The molecule has 3 aromatic rings. The molecule has 0 saturated carbocycles. The van der Waals surface area contributed by atoms with Crippen LogP contribution in [0.3, 0.4) is 0 Å². The summed E-state index contributed by atoms with van der Waals surface area (Å²) < 4.78 is 1.93. The van der Waals surface area contributed by atoms with Gasteiger partial charge in [0.15, 0.2) is 0 Å². The summed E-state index contributed by atoms with van der Waals surface area (Å²) in [6, 6.07) is 13.6. The van der Waals surface area contributed by atoms with Gasteiger partial charge >= 0.3 is 0 Å². The molecule has 0 aliphatic rings. The topological polar surface area (TPSA) is 38.0 Å². The number of rotatable bonds is 4. The number of fused-ring (bicyclic) bond motifs is 1. The Balaban J connectivity index is 1.79. The Hall–Kier alpha value is -1.94. The van der Waals surface area contributed by atoms with E-state index in [1.807, 2.05) is 47.3 Å². The summed E-state index contributed by atoms with van der Waals surface area (Å²) >= 11 is 1.78. The van der Waals surface area contributed by atoms with Crippen LogP contribution in [0.1, 0.15) is 0 Å². The molecular weight excluding hydrogens is 256 g/mol. The summed E-state index contributed by atoms with van der Waals surface area (Å²) in [6.07, 6.45) is 3.76. The summed E-state index contributed by atoms with van der Waals surface area (Å²) in [5, 5.41) is 16.0. The van der Waals surface area contributed by atoms with E-state index in [0.717, 1.165) is 23.1 Å². The van der Waals surface area contributed by atoms with Crippen LogP contribution in [0, 0.1) is 0 Å². The normalized spacial score (nSPS) is 10.9. The lowest BCUT2D eigenvalue weighted by atomic mass is 10.1. The molecule has 19 heavy (non-hydrogen) atoms. The smallest absolute Gasteiger partial charge is 0.123 e. The summed E-state index contributed by atoms with van der Waals surface area (Å²) in [4.78, 5) is 1.19. The van der Waals surface area contributed by atoms with Gasteiger partial charge in [0.05, 0.1) is 6.54 Å². The van der Waals surface area contributed by atoms with Crippen molar-refractivity contribution in [2.24, 2.45) is 0 Å². The standard InChI is InChI=1S/C15H14N2OS/c18-14-6-7-15(13-5-2-1-4-12(13)14)19-11-10-17-9-3-8-16-17/h1-9,18H,10-11H2. The van der Waals surface area contributed by atoms with Crippen molar-refractivity contribution in [3.8, 4) is 5.75 Å². The zero-order chi connectivity index (χ0) is 13.1. The predicted molar refractivity (Wildman–Crippen MR) is 78.6 cm³/mol. The highest BCUT2D eigenvalue weighted by Crippen LogP contribution is 2.33. The van der Waals surface area contributed by atoms with E-state index < -0.39 is 0 Å². The van der Waals surface area contributed by atoms with E-state index in [1.165, 1.54) is 4.90 Å². The fourth-order valence-corrected chi connectivity index (χ4v) is 3.06. The number of aryl methyl sites for hydroxylation is 1. The van der Waals surface area contributed by atoms with Gasteiger partial charge in [0.2, 0.25) is 0 Å². The zero-order valence-corrected chi connectivity index (χ0v) is 11.2. The van der Waals surface area contributed by atoms with Crippen molar-refractivity contribution in [3.05, 3.63) is 54.9 Å². The number of aromatic nitrogens is 2. The molecule has 3 rings (SSSR count). The van der Waals surface area contributed by atoms with Gasteiger partial charge < -0.3 is 5.11 Å². The average Bonchev–Trinajstić information content (AvgIpc) is 2.95. The number of thioether (sulfide) groups is 1. The molecule has 0 saturated heterocycles. The van der Waals surface area contributed by atoms with E-state index in [2.05, 4.69) is 5.10 Å². The molecule has 1 aromatic heterocycles. The van der Waals surface area contributed by atoms with Crippen LogP contribution < -0.4 is 0 Å². The average molecular weight is 270 g/mol. The Morgan fingerprint density at radius 3 is 2.68 bits per heavy atom. The van der Waals surface area contributed by atoms with Crippen LogP contribution in [0.2, 0.25) is 0 Å². The zero-order valence-electron chi connectivity index (χ0n) is 10.4. The van der Waals surface area contributed by atoms with Gasteiger partial charge in [-0.2, -0.15) is 5.10 Å². The minimum Gasteiger partial charge on any atom is -0.507 e. The first-order valence-electron chi connectivity index (χ1n) is 6.15. The van der Waals surface area contributed by atoms with E-state index >= 15 is 0 Å². The van der Waals surface area contributed by atoms with Crippen molar-refractivity contribution in [2.75, 3.05) is 5.75 Å². The second kappa shape index (κ2) is 5.36. The Kier molecular flexibility index (Phi) is 3.42. The first kappa shape index (κ1) is 12.1. The molecule has 0 aliphatic carbocycles. The minimum atomic E-state index is 0.340. The first-order valence-corrected chi connectivity index (χ1v) is 7.14. The molecule has 4 heteroatoms. The number of hydrogen-bond donors (Lipinski definition) is 1. The lowest BCUT2D eigenvalue weighted by molar-refractivity contribution is 0.481. The molecule has 0 aliphatic heterocycles. The van der Waals surface area contributed by atoms with Gasteiger partial charge in [-0.3, -0.25) is 4.68 Å².